The minimum atomic E-state index is 0.618. The molecule has 1 aliphatic rings. The number of rotatable bonds is 5. The molecule has 0 unspecified atom stereocenters. The van der Waals surface area contributed by atoms with Gasteiger partial charge in [0.05, 0.1) is 5.70 Å². The summed E-state index contributed by atoms with van der Waals surface area (Å²) in [7, 11) is 1.98. The van der Waals surface area contributed by atoms with Crippen molar-refractivity contribution in [3.8, 4) is 0 Å². The summed E-state index contributed by atoms with van der Waals surface area (Å²) in [6.07, 6.45) is 4.41. The van der Waals surface area contributed by atoms with E-state index in [4.69, 9.17) is 0 Å². The summed E-state index contributed by atoms with van der Waals surface area (Å²) >= 11 is 0. The Labute approximate surface area is 122 Å². The van der Waals surface area contributed by atoms with Gasteiger partial charge in [-0.1, -0.05) is 43.7 Å². The number of nitrogens with one attached hydrogen (secondary N) is 2. The molecule has 0 saturated heterocycles. The second kappa shape index (κ2) is 6.62. The largest absolute Gasteiger partial charge is 0.316 e. The minimum Gasteiger partial charge on any atom is -0.316 e. The van der Waals surface area contributed by atoms with Crippen LogP contribution in [0.3, 0.4) is 0 Å². The summed E-state index contributed by atoms with van der Waals surface area (Å²) in [6, 6.07) is 8.65. The zero-order valence-electron chi connectivity index (χ0n) is 12.9. The molecule has 0 aliphatic carbocycles. The Morgan fingerprint density at radius 2 is 1.90 bits per heavy atom. The van der Waals surface area contributed by atoms with Crippen molar-refractivity contribution in [3.63, 3.8) is 0 Å². The van der Waals surface area contributed by atoms with Gasteiger partial charge in [0.1, 0.15) is 0 Å². The summed E-state index contributed by atoms with van der Waals surface area (Å²) in [5.41, 5.74) is 8.47. The number of hydrogen-bond acceptors (Lipinski definition) is 3. The van der Waals surface area contributed by atoms with Crippen molar-refractivity contribution in [1.82, 2.24) is 15.8 Å². The number of benzene rings is 1. The highest BCUT2D eigenvalue weighted by Gasteiger charge is 2.13. The topological polar surface area (TPSA) is 27.3 Å². The van der Waals surface area contributed by atoms with Crippen LogP contribution in [0.4, 0.5) is 0 Å². The van der Waals surface area contributed by atoms with Crippen LogP contribution in [0.15, 0.2) is 42.1 Å². The van der Waals surface area contributed by atoms with Gasteiger partial charge in [0, 0.05) is 19.3 Å². The molecule has 3 heteroatoms. The van der Waals surface area contributed by atoms with Gasteiger partial charge in [0.25, 0.3) is 0 Å². The van der Waals surface area contributed by atoms with Crippen molar-refractivity contribution < 1.29 is 0 Å². The zero-order chi connectivity index (χ0) is 14.5. The van der Waals surface area contributed by atoms with Crippen molar-refractivity contribution in [2.75, 3.05) is 20.1 Å². The normalized spacial score (nSPS) is 14.9. The monoisotopic (exact) mass is 271 g/mol. The molecule has 0 radical (unpaired) electrons. The molecule has 1 aromatic rings. The standard InChI is InChI=1S/C17H25N3/c1-13(2)11-20-12-15(10-18-4)9-17(19-20)16-7-5-14(3)6-8-16/h5-9,12-13,18-19H,10-11H2,1-4H3. The maximum Gasteiger partial charge on any atom is 0.0618 e. The Balaban J connectivity index is 2.23. The molecular weight excluding hydrogens is 246 g/mol. The highest BCUT2D eigenvalue weighted by Crippen LogP contribution is 2.20. The molecule has 0 bridgehead atoms. The van der Waals surface area contributed by atoms with Crippen molar-refractivity contribution in [2.45, 2.75) is 20.8 Å². The Bertz CT molecular complexity index is 497. The van der Waals surface area contributed by atoms with Crippen LogP contribution in [-0.2, 0) is 0 Å². The summed E-state index contributed by atoms with van der Waals surface area (Å²) in [6.45, 7) is 8.46. The zero-order valence-corrected chi connectivity index (χ0v) is 12.9. The van der Waals surface area contributed by atoms with E-state index < -0.39 is 0 Å². The molecule has 1 aliphatic heterocycles. The van der Waals surface area contributed by atoms with Crippen LogP contribution < -0.4 is 10.7 Å². The first-order chi connectivity index (χ1) is 9.58. The Hall–Kier alpha value is -1.74. The van der Waals surface area contributed by atoms with E-state index in [2.05, 4.69) is 73.1 Å². The molecule has 0 fully saturated rings. The van der Waals surface area contributed by atoms with Gasteiger partial charge in [-0.15, -0.1) is 0 Å². The lowest BCUT2D eigenvalue weighted by molar-refractivity contribution is 0.281. The second-order valence-corrected chi connectivity index (χ2v) is 5.82. The Kier molecular flexibility index (Phi) is 4.85. The molecular formula is C17H25N3. The van der Waals surface area contributed by atoms with Crippen LogP contribution in [0.1, 0.15) is 25.0 Å². The molecule has 2 N–H and O–H groups in total. The molecule has 0 aromatic heterocycles. The first-order valence-corrected chi connectivity index (χ1v) is 7.26. The fourth-order valence-corrected chi connectivity index (χ4v) is 2.32. The molecule has 3 nitrogen and oxygen atoms in total. The van der Waals surface area contributed by atoms with E-state index >= 15 is 0 Å². The number of aryl methyl sites for hydroxylation is 1. The predicted molar refractivity (Wildman–Crippen MR) is 85.8 cm³/mol. The highest BCUT2D eigenvalue weighted by atomic mass is 15.5. The third kappa shape index (κ3) is 3.87. The molecule has 0 saturated carbocycles. The van der Waals surface area contributed by atoms with Crippen molar-refractivity contribution in [2.24, 2.45) is 5.92 Å². The van der Waals surface area contributed by atoms with Gasteiger partial charge in [0.15, 0.2) is 0 Å². The number of hydrogen-bond donors (Lipinski definition) is 2. The van der Waals surface area contributed by atoms with E-state index in [0.29, 0.717) is 5.92 Å². The first kappa shape index (κ1) is 14.7. The highest BCUT2D eigenvalue weighted by molar-refractivity contribution is 5.67. The van der Waals surface area contributed by atoms with Crippen molar-refractivity contribution >= 4 is 5.70 Å². The fraction of sp³-hybridized carbons (Fsp3) is 0.412. The van der Waals surface area contributed by atoms with Gasteiger partial charge in [-0.2, -0.15) is 0 Å². The Morgan fingerprint density at radius 1 is 1.20 bits per heavy atom. The summed E-state index contributed by atoms with van der Waals surface area (Å²) in [4.78, 5) is 0. The quantitative estimate of drug-likeness (QED) is 0.862. The van der Waals surface area contributed by atoms with Gasteiger partial charge in [-0.25, -0.2) is 0 Å². The van der Waals surface area contributed by atoms with Crippen LogP contribution in [0.5, 0.6) is 0 Å². The van der Waals surface area contributed by atoms with Crippen LogP contribution in [0.25, 0.3) is 5.70 Å². The average molecular weight is 271 g/mol. The molecule has 0 atom stereocenters. The van der Waals surface area contributed by atoms with Crippen LogP contribution in [0.2, 0.25) is 0 Å². The molecule has 0 spiro atoms. The van der Waals surface area contributed by atoms with E-state index in [0.717, 1.165) is 13.1 Å². The van der Waals surface area contributed by atoms with Gasteiger partial charge >= 0.3 is 0 Å². The lowest BCUT2D eigenvalue weighted by Crippen LogP contribution is -2.38. The van der Waals surface area contributed by atoms with Crippen LogP contribution in [0, 0.1) is 12.8 Å². The Morgan fingerprint density at radius 3 is 2.50 bits per heavy atom. The van der Waals surface area contributed by atoms with Gasteiger partial charge in [-0.3, -0.25) is 10.4 Å². The molecule has 1 aromatic carbocycles. The molecule has 108 valence electrons. The second-order valence-electron chi connectivity index (χ2n) is 5.82. The van der Waals surface area contributed by atoms with Gasteiger partial charge in [0.2, 0.25) is 0 Å². The number of hydrazine groups is 1. The molecule has 2 rings (SSSR count). The number of likely N-dealkylation sites (N-methyl/N-ethyl adjacent to an activating group) is 1. The van der Waals surface area contributed by atoms with E-state index in [-0.39, 0.29) is 0 Å². The van der Waals surface area contributed by atoms with Crippen LogP contribution >= 0.6 is 0 Å². The molecule has 1 heterocycles. The van der Waals surface area contributed by atoms with Crippen LogP contribution in [-0.4, -0.2) is 25.1 Å². The van der Waals surface area contributed by atoms with E-state index in [9.17, 15) is 0 Å². The van der Waals surface area contributed by atoms with E-state index in [1.54, 1.807) is 0 Å². The SMILES string of the molecule is CNCC1=CN(CC(C)C)NC(c2ccc(C)cc2)=C1. The van der Waals surface area contributed by atoms with Crippen molar-refractivity contribution in [3.05, 3.63) is 53.2 Å². The van der Waals surface area contributed by atoms with Gasteiger partial charge in [-0.05, 0) is 37.1 Å². The molecule has 0 amide bonds. The van der Waals surface area contributed by atoms with Gasteiger partial charge < -0.3 is 5.32 Å². The minimum absolute atomic E-state index is 0.618. The maximum atomic E-state index is 3.50. The maximum absolute atomic E-state index is 3.50. The third-order valence-corrected chi connectivity index (χ3v) is 3.22. The average Bonchev–Trinajstić information content (AvgIpc) is 2.38. The fourth-order valence-electron chi connectivity index (χ4n) is 2.32. The number of nitrogens with zero attached hydrogens (tertiary/aromatic N) is 1. The molecule has 20 heavy (non-hydrogen) atoms. The lowest BCUT2D eigenvalue weighted by atomic mass is 10.1. The van der Waals surface area contributed by atoms with E-state index in [1.807, 2.05) is 7.05 Å². The summed E-state index contributed by atoms with van der Waals surface area (Å²) < 4.78 is 0. The smallest absolute Gasteiger partial charge is 0.0618 e. The predicted octanol–water partition coefficient (Wildman–Crippen LogP) is 2.92. The van der Waals surface area contributed by atoms with Crippen molar-refractivity contribution in [1.29, 1.82) is 0 Å². The third-order valence-electron chi connectivity index (χ3n) is 3.22. The first-order valence-electron chi connectivity index (χ1n) is 7.26. The summed E-state index contributed by atoms with van der Waals surface area (Å²) in [5, 5.41) is 5.41. The lowest BCUT2D eigenvalue weighted by Gasteiger charge is -2.30. The summed E-state index contributed by atoms with van der Waals surface area (Å²) in [5.74, 6) is 0.618. The van der Waals surface area contributed by atoms with E-state index in [1.165, 1.54) is 22.4 Å².